The summed E-state index contributed by atoms with van der Waals surface area (Å²) in [5.41, 5.74) is 0. The minimum absolute atomic E-state index is 0.121. The quantitative estimate of drug-likeness (QED) is 0.457. The van der Waals surface area contributed by atoms with E-state index in [1.807, 2.05) is 0 Å². The Labute approximate surface area is 128 Å². The van der Waals surface area contributed by atoms with Crippen LogP contribution in [0.2, 0.25) is 0 Å². The summed E-state index contributed by atoms with van der Waals surface area (Å²) >= 11 is 0. The smallest absolute Gasteiger partial charge is 0.178 e. The molecule has 0 bridgehead atoms. The van der Waals surface area contributed by atoms with Gasteiger partial charge in [0.25, 0.3) is 0 Å². The molecule has 0 heterocycles. The van der Waals surface area contributed by atoms with Gasteiger partial charge in [-0.25, -0.2) is 0 Å². The number of fused-ring (bicyclic) bond motifs is 2. The van der Waals surface area contributed by atoms with Crippen LogP contribution in [0, 0.1) is 0 Å². The Kier molecular flexibility index (Phi) is 3.92. The lowest BCUT2D eigenvalue weighted by atomic mass is 10.0. The first-order chi connectivity index (χ1) is 10.7. The molecule has 3 aromatic carbocycles. The molecule has 1 aliphatic rings. The van der Waals surface area contributed by atoms with E-state index < -0.39 is 0 Å². The van der Waals surface area contributed by atoms with Crippen molar-refractivity contribution in [2.75, 3.05) is 0 Å². The summed E-state index contributed by atoms with van der Waals surface area (Å²) in [6.07, 6.45) is 5.01. The Morgan fingerprint density at radius 1 is 0.455 bits per heavy atom. The van der Waals surface area contributed by atoms with Crippen molar-refractivity contribution in [2.24, 2.45) is 0 Å². The number of carbonyl (C=O) groups is 2. The predicted molar refractivity (Wildman–Crippen MR) is 89.7 cm³/mol. The van der Waals surface area contributed by atoms with Gasteiger partial charge in [0, 0.05) is 0 Å². The molecule has 0 amide bonds. The summed E-state index contributed by atoms with van der Waals surface area (Å²) < 4.78 is 0. The van der Waals surface area contributed by atoms with E-state index in [9.17, 15) is 9.59 Å². The monoisotopic (exact) mass is 286 g/mol. The summed E-state index contributed by atoms with van der Waals surface area (Å²) in [5, 5.41) is 5.25. The van der Waals surface area contributed by atoms with Crippen LogP contribution in [0.1, 0.15) is 0 Å². The molecule has 0 aliphatic heterocycles. The minimum atomic E-state index is -0.121. The topological polar surface area (TPSA) is 34.1 Å². The van der Waals surface area contributed by atoms with E-state index in [0.717, 1.165) is 0 Å². The van der Waals surface area contributed by atoms with Crippen molar-refractivity contribution in [3.63, 3.8) is 0 Å². The van der Waals surface area contributed by atoms with Gasteiger partial charge in [-0.15, -0.1) is 0 Å². The molecule has 0 aromatic heterocycles. The van der Waals surface area contributed by atoms with Crippen LogP contribution < -0.4 is 0 Å². The van der Waals surface area contributed by atoms with Gasteiger partial charge >= 0.3 is 0 Å². The fraction of sp³-hybridized carbons (Fsp3) is 0. The molecule has 2 heteroatoms. The van der Waals surface area contributed by atoms with Crippen LogP contribution in [0.4, 0.5) is 0 Å². The van der Waals surface area contributed by atoms with Crippen LogP contribution in [0.3, 0.4) is 0 Å². The van der Waals surface area contributed by atoms with Crippen molar-refractivity contribution in [3.8, 4) is 0 Å². The summed E-state index contributed by atoms with van der Waals surface area (Å²) in [6.45, 7) is 0. The molecular formula is C20H14O2. The fourth-order valence-corrected chi connectivity index (χ4v) is 2.32. The van der Waals surface area contributed by atoms with Crippen molar-refractivity contribution >= 4 is 33.1 Å². The second kappa shape index (κ2) is 6.19. The summed E-state index contributed by atoms with van der Waals surface area (Å²) in [5.74, 6) is -0.241. The number of rotatable bonds is 0. The van der Waals surface area contributed by atoms with Crippen LogP contribution in [-0.4, -0.2) is 11.6 Å². The van der Waals surface area contributed by atoms with Crippen LogP contribution >= 0.6 is 0 Å². The van der Waals surface area contributed by atoms with Gasteiger partial charge in [0.15, 0.2) is 11.6 Å². The van der Waals surface area contributed by atoms with Gasteiger partial charge < -0.3 is 0 Å². The normalized spacial score (nSPS) is 13.3. The Morgan fingerprint density at radius 3 is 1.00 bits per heavy atom. The molecule has 4 rings (SSSR count). The van der Waals surface area contributed by atoms with Crippen molar-refractivity contribution < 1.29 is 9.59 Å². The highest BCUT2D eigenvalue weighted by Gasteiger charge is 1.98. The van der Waals surface area contributed by atoms with E-state index in [4.69, 9.17) is 0 Å². The standard InChI is InChI=1S/C14H10.C6H4O2/c1-2-6-12-10-14-8-4-3-7-13(14)9-11(12)5-1;7-5-1-2-6(8)4-3-5/h1-10H;1-4H. The maximum atomic E-state index is 10.3. The van der Waals surface area contributed by atoms with Crippen molar-refractivity contribution in [3.05, 3.63) is 85.0 Å². The second-order valence-electron chi connectivity index (χ2n) is 5.02. The zero-order valence-electron chi connectivity index (χ0n) is 11.9. The average Bonchev–Trinajstić information content (AvgIpc) is 2.56. The molecule has 2 nitrogen and oxygen atoms in total. The molecule has 0 N–H and O–H groups in total. The van der Waals surface area contributed by atoms with E-state index in [-0.39, 0.29) is 11.6 Å². The van der Waals surface area contributed by atoms with Gasteiger partial charge in [-0.05, 0) is 58.0 Å². The molecule has 0 unspecified atom stereocenters. The molecular weight excluding hydrogens is 272 g/mol. The maximum Gasteiger partial charge on any atom is 0.178 e. The van der Waals surface area contributed by atoms with Gasteiger partial charge in [-0.1, -0.05) is 48.5 Å². The number of hydrogen-bond donors (Lipinski definition) is 0. The largest absolute Gasteiger partial charge is 0.290 e. The van der Waals surface area contributed by atoms with E-state index in [2.05, 4.69) is 60.7 Å². The van der Waals surface area contributed by atoms with Gasteiger partial charge in [0.2, 0.25) is 0 Å². The number of allylic oxidation sites excluding steroid dienone is 4. The third-order valence-electron chi connectivity index (χ3n) is 3.44. The molecule has 1 aliphatic carbocycles. The van der Waals surface area contributed by atoms with Crippen molar-refractivity contribution in [2.45, 2.75) is 0 Å². The third kappa shape index (κ3) is 3.18. The Hall–Kier alpha value is -3.00. The first kappa shape index (κ1) is 14.0. The highest BCUT2D eigenvalue weighted by atomic mass is 16.1. The Morgan fingerprint density at radius 2 is 0.727 bits per heavy atom. The van der Waals surface area contributed by atoms with E-state index in [1.165, 1.54) is 45.8 Å². The molecule has 0 spiro atoms. The van der Waals surface area contributed by atoms with E-state index in [0.29, 0.717) is 0 Å². The Balaban J connectivity index is 0.000000154. The number of ketones is 2. The lowest BCUT2D eigenvalue weighted by molar-refractivity contribution is -0.113. The lowest BCUT2D eigenvalue weighted by Gasteiger charge is -2.00. The van der Waals surface area contributed by atoms with E-state index >= 15 is 0 Å². The number of benzene rings is 3. The van der Waals surface area contributed by atoms with Crippen LogP contribution in [0.5, 0.6) is 0 Å². The van der Waals surface area contributed by atoms with Crippen LogP contribution in [0.25, 0.3) is 21.5 Å². The predicted octanol–water partition coefficient (Wildman–Crippen LogP) is 4.24. The van der Waals surface area contributed by atoms with Gasteiger partial charge in [-0.3, -0.25) is 9.59 Å². The molecule has 22 heavy (non-hydrogen) atoms. The summed E-state index contributed by atoms with van der Waals surface area (Å²) in [6, 6.07) is 21.4. The number of carbonyl (C=O) groups excluding carboxylic acids is 2. The Bertz CT molecular complexity index is 774. The molecule has 0 radical (unpaired) electrons. The van der Waals surface area contributed by atoms with E-state index in [1.54, 1.807) is 0 Å². The number of hydrogen-bond acceptors (Lipinski definition) is 2. The molecule has 0 fully saturated rings. The van der Waals surface area contributed by atoms with Crippen LogP contribution in [0.15, 0.2) is 85.0 Å². The molecule has 3 aromatic rings. The van der Waals surface area contributed by atoms with Crippen molar-refractivity contribution in [1.82, 2.24) is 0 Å². The molecule has 0 saturated carbocycles. The van der Waals surface area contributed by atoms with Gasteiger partial charge in [0.05, 0.1) is 0 Å². The van der Waals surface area contributed by atoms with Crippen molar-refractivity contribution in [1.29, 1.82) is 0 Å². The zero-order valence-corrected chi connectivity index (χ0v) is 11.9. The molecule has 0 saturated heterocycles. The SMILES string of the molecule is O=C1C=CC(=O)C=C1.c1ccc2cc3ccccc3cc2c1. The third-order valence-corrected chi connectivity index (χ3v) is 3.44. The molecule has 106 valence electrons. The first-order valence-electron chi connectivity index (χ1n) is 7.04. The van der Waals surface area contributed by atoms with Crippen LogP contribution in [-0.2, 0) is 9.59 Å². The average molecular weight is 286 g/mol. The first-order valence-corrected chi connectivity index (χ1v) is 7.04. The second-order valence-corrected chi connectivity index (χ2v) is 5.02. The highest BCUT2D eigenvalue weighted by Crippen LogP contribution is 2.21. The molecule has 0 atom stereocenters. The lowest BCUT2D eigenvalue weighted by Crippen LogP contribution is -1.97. The maximum absolute atomic E-state index is 10.3. The zero-order chi connectivity index (χ0) is 15.4. The van der Waals surface area contributed by atoms with Gasteiger partial charge in [-0.2, -0.15) is 0 Å². The highest BCUT2D eigenvalue weighted by molar-refractivity contribution is 6.14. The minimum Gasteiger partial charge on any atom is -0.290 e. The fourth-order valence-electron chi connectivity index (χ4n) is 2.32. The summed E-state index contributed by atoms with van der Waals surface area (Å²) in [7, 11) is 0. The summed E-state index contributed by atoms with van der Waals surface area (Å²) in [4.78, 5) is 20.6. The van der Waals surface area contributed by atoms with Gasteiger partial charge in [0.1, 0.15) is 0 Å².